The minimum absolute atomic E-state index is 0.00622. The Bertz CT molecular complexity index is 1180. The first kappa shape index (κ1) is 23.3. The van der Waals surface area contributed by atoms with Crippen molar-refractivity contribution in [2.75, 3.05) is 17.2 Å². The molecule has 2 aliphatic rings. The Hall–Kier alpha value is -3.89. The number of imide groups is 1. The zero-order chi connectivity index (χ0) is 24.7. The van der Waals surface area contributed by atoms with E-state index in [0.29, 0.717) is 0 Å². The fourth-order valence-electron chi connectivity index (χ4n) is 3.89. The maximum Gasteiger partial charge on any atom is 0.416 e. The van der Waals surface area contributed by atoms with E-state index in [1.165, 1.54) is 30.3 Å². The fourth-order valence-corrected chi connectivity index (χ4v) is 3.89. The zero-order valence-electron chi connectivity index (χ0n) is 18.0. The zero-order valence-corrected chi connectivity index (χ0v) is 18.0. The lowest BCUT2D eigenvalue weighted by molar-refractivity contribution is -0.137. The first-order chi connectivity index (χ1) is 16.0. The smallest absolute Gasteiger partial charge is 0.324 e. The highest BCUT2D eigenvalue weighted by Crippen LogP contribution is 2.42. The molecule has 2 fully saturated rings. The maximum absolute atomic E-state index is 12.9. The maximum atomic E-state index is 12.9. The second kappa shape index (κ2) is 8.47. The molecule has 34 heavy (non-hydrogen) atoms. The van der Waals surface area contributed by atoms with Crippen LogP contribution in [0, 0.1) is 5.92 Å². The molecular formula is C23H21F3N4O4. The summed E-state index contributed by atoms with van der Waals surface area (Å²) in [5, 5.41) is 7.53. The number of anilines is 2. The summed E-state index contributed by atoms with van der Waals surface area (Å²) in [7, 11) is 0. The van der Waals surface area contributed by atoms with Gasteiger partial charge in [0.25, 0.3) is 11.8 Å². The molecule has 1 saturated carbocycles. The average Bonchev–Trinajstić information content (AvgIpc) is 3.60. The molecule has 0 spiro atoms. The lowest BCUT2D eigenvalue weighted by atomic mass is 9.96. The Labute approximate surface area is 192 Å². The number of nitrogens with zero attached hydrogens (tertiary/aromatic N) is 1. The second-order valence-electron chi connectivity index (χ2n) is 8.42. The van der Waals surface area contributed by atoms with Crippen LogP contribution < -0.4 is 16.0 Å². The minimum Gasteiger partial charge on any atom is -0.324 e. The summed E-state index contributed by atoms with van der Waals surface area (Å²) in [6.07, 6.45) is -2.94. The number of carbonyl (C=O) groups excluding carboxylic acids is 4. The lowest BCUT2D eigenvalue weighted by Crippen LogP contribution is -2.46. The summed E-state index contributed by atoms with van der Waals surface area (Å²) >= 11 is 0. The van der Waals surface area contributed by atoms with Crippen LogP contribution in [0.15, 0.2) is 48.5 Å². The molecule has 5 amide bonds. The van der Waals surface area contributed by atoms with Gasteiger partial charge in [0.15, 0.2) is 0 Å². The normalized spacial score (nSPS) is 20.2. The van der Waals surface area contributed by atoms with Gasteiger partial charge in [0.1, 0.15) is 12.1 Å². The highest BCUT2D eigenvalue weighted by molar-refractivity contribution is 6.12. The third-order valence-electron chi connectivity index (χ3n) is 5.89. The van der Waals surface area contributed by atoms with Crippen LogP contribution in [0.1, 0.15) is 35.7 Å². The lowest BCUT2D eigenvalue weighted by Gasteiger charge is -2.20. The SMILES string of the molecule is CC1(C2CC2)NC(=O)N(CC(=O)Nc2ccccc2C(=O)Nc2cccc(C(F)(F)F)c2)C1=O. The number of carbonyl (C=O) groups is 4. The van der Waals surface area contributed by atoms with Crippen LogP contribution in [-0.4, -0.2) is 40.7 Å². The van der Waals surface area contributed by atoms with Crippen molar-refractivity contribution in [2.45, 2.75) is 31.5 Å². The van der Waals surface area contributed by atoms with Crippen molar-refractivity contribution in [3.63, 3.8) is 0 Å². The molecule has 11 heteroatoms. The van der Waals surface area contributed by atoms with E-state index >= 15 is 0 Å². The van der Waals surface area contributed by atoms with Gasteiger partial charge in [0, 0.05) is 5.69 Å². The Morgan fingerprint density at radius 3 is 2.47 bits per heavy atom. The van der Waals surface area contributed by atoms with Crippen LogP contribution in [0.25, 0.3) is 0 Å². The number of amides is 5. The van der Waals surface area contributed by atoms with Gasteiger partial charge < -0.3 is 16.0 Å². The van der Waals surface area contributed by atoms with Crippen molar-refractivity contribution in [1.29, 1.82) is 0 Å². The van der Waals surface area contributed by atoms with Crippen LogP contribution in [-0.2, 0) is 15.8 Å². The van der Waals surface area contributed by atoms with E-state index in [9.17, 15) is 32.3 Å². The molecule has 1 saturated heterocycles. The summed E-state index contributed by atoms with van der Waals surface area (Å²) in [5.74, 6) is -1.89. The van der Waals surface area contributed by atoms with Crippen molar-refractivity contribution < 1.29 is 32.3 Å². The highest BCUT2D eigenvalue weighted by Gasteiger charge is 2.56. The topological polar surface area (TPSA) is 108 Å². The molecule has 0 radical (unpaired) electrons. The van der Waals surface area contributed by atoms with Gasteiger partial charge in [0.05, 0.1) is 16.8 Å². The predicted octanol–water partition coefficient (Wildman–Crippen LogP) is 3.62. The molecule has 2 aromatic rings. The molecule has 8 nitrogen and oxygen atoms in total. The number of nitrogens with one attached hydrogen (secondary N) is 3. The summed E-state index contributed by atoms with van der Waals surface area (Å²) in [4.78, 5) is 51.1. The Morgan fingerprint density at radius 2 is 1.79 bits per heavy atom. The fraction of sp³-hybridized carbons (Fsp3) is 0.304. The van der Waals surface area contributed by atoms with E-state index in [0.717, 1.165) is 29.9 Å². The van der Waals surface area contributed by atoms with Gasteiger partial charge in [-0.1, -0.05) is 18.2 Å². The Balaban J connectivity index is 1.45. The van der Waals surface area contributed by atoms with E-state index in [-0.39, 0.29) is 22.9 Å². The predicted molar refractivity (Wildman–Crippen MR) is 116 cm³/mol. The third kappa shape index (κ3) is 4.59. The number of hydrogen-bond donors (Lipinski definition) is 3. The Kier molecular flexibility index (Phi) is 5.80. The molecule has 2 aromatic carbocycles. The van der Waals surface area contributed by atoms with Crippen LogP contribution in [0.5, 0.6) is 0 Å². The minimum atomic E-state index is -4.57. The number of hydrogen-bond acceptors (Lipinski definition) is 4. The van der Waals surface area contributed by atoms with Gasteiger partial charge in [-0.05, 0) is 56.0 Å². The molecule has 1 unspecified atom stereocenters. The largest absolute Gasteiger partial charge is 0.416 e. The molecule has 1 aliphatic heterocycles. The number of urea groups is 1. The number of halogens is 3. The molecule has 4 rings (SSSR count). The average molecular weight is 474 g/mol. The van der Waals surface area contributed by atoms with E-state index < -0.39 is 47.6 Å². The van der Waals surface area contributed by atoms with Crippen molar-refractivity contribution in [3.05, 3.63) is 59.7 Å². The summed E-state index contributed by atoms with van der Waals surface area (Å²) in [5.41, 5.74) is -1.94. The summed E-state index contributed by atoms with van der Waals surface area (Å²) in [6, 6.07) is 9.38. The summed E-state index contributed by atoms with van der Waals surface area (Å²) in [6.45, 7) is 1.09. The molecule has 1 heterocycles. The van der Waals surface area contributed by atoms with Crippen molar-refractivity contribution >= 4 is 35.1 Å². The first-order valence-corrected chi connectivity index (χ1v) is 10.5. The first-order valence-electron chi connectivity index (χ1n) is 10.5. The van der Waals surface area contributed by atoms with E-state index in [1.54, 1.807) is 13.0 Å². The van der Waals surface area contributed by atoms with Gasteiger partial charge in [-0.25, -0.2) is 4.79 Å². The number of para-hydroxylation sites is 1. The highest BCUT2D eigenvalue weighted by atomic mass is 19.4. The van der Waals surface area contributed by atoms with Crippen LogP contribution in [0.3, 0.4) is 0 Å². The van der Waals surface area contributed by atoms with Gasteiger partial charge in [-0.3, -0.25) is 19.3 Å². The van der Waals surface area contributed by atoms with Crippen molar-refractivity contribution in [3.8, 4) is 0 Å². The Morgan fingerprint density at radius 1 is 1.09 bits per heavy atom. The van der Waals surface area contributed by atoms with Gasteiger partial charge >= 0.3 is 12.2 Å². The van der Waals surface area contributed by atoms with E-state index in [1.807, 2.05) is 0 Å². The van der Waals surface area contributed by atoms with E-state index in [2.05, 4.69) is 16.0 Å². The quantitative estimate of drug-likeness (QED) is 0.556. The standard InChI is InChI=1S/C23H21F3N4O4/c1-22(13-9-10-13)20(33)30(21(34)29-22)12-18(31)28-17-8-3-2-7-16(17)19(32)27-15-6-4-5-14(11-15)23(24,25)26/h2-8,11,13H,9-10,12H2,1H3,(H,27,32)(H,28,31)(H,29,34). The molecule has 0 aromatic heterocycles. The molecule has 178 valence electrons. The van der Waals surface area contributed by atoms with Crippen molar-refractivity contribution in [1.82, 2.24) is 10.2 Å². The van der Waals surface area contributed by atoms with Crippen LogP contribution in [0.4, 0.5) is 29.3 Å². The molecule has 3 N–H and O–H groups in total. The van der Waals surface area contributed by atoms with Crippen molar-refractivity contribution in [2.24, 2.45) is 5.92 Å². The number of benzene rings is 2. The third-order valence-corrected chi connectivity index (χ3v) is 5.89. The summed E-state index contributed by atoms with van der Waals surface area (Å²) < 4.78 is 38.8. The van der Waals surface area contributed by atoms with Gasteiger partial charge in [0.2, 0.25) is 5.91 Å². The number of alkyl halides is 3. The molecular weight excluding hydrogens is 453 g/mol. The molecule has 1 aliphatic carbocycles. The number of rotatable bonds is 6. The molecule has 0 bridgehead atoms. The van der Waals surface area contributed by atoms with Gasteiger partial charge in [-0.15, -0.1) is 0 Å². The van der Waals surface area contributed by atoms with Crippen LogP contribution >= 0.6 is 0 Å². The molecule has 1 atom stereocenters. The van der Waals surface area contributed by atoms with Crippen LogP contribution in [0.2, 0.25) is 0 Å². The second-order valence-corrected chi connectivity index (χ2v) is 8.42. The van der Waals surface area contributed by atoms with E-state index in [4.69, 9.17) is 0 Å². The van der Waals surface area contributed by atoms with Gasteiger partial charge in [-0.2, -0.15) is 13.2 Å². The monoisotopic (exact) mass is 474 g/mol.